The van der Waals surface area contributed by atoms with E-state index in [4.69, 9.17) is 0 Å². The highest BCUT2D eigenvalue weighted by Gasteiger charge is 2.27. The predicted octanol–water partition coefficient (Wildman–Crippen LogP) is 2.78. The average molecular weight is 327 g/mol. The Bertz CT molecular complexity index is 776. The number of hydrogen-bond donors (Lipinski definition) is 1. The van der Waals surface area contributed by atoms with Crippen molar-refractivity contribution in [3.8, 4) is 0 Å². The fraction of sp³-hybridized carbons (Fsp3) is 0.235. The Morgan fingerprint density at radius 3 is 2.91 bits per heavy atom. The van der Waals surface area contributed by atoms with Crippen LogP contribution in [0.3, 0.4) is 0 Å². The van der Waals surface area contributed by atoms with Gasteiger partial charge in [-0.25, -0.2) is 4.98 Å². The van der Waals surface area contributed by atoms with Crippen molar-refractivity contribution < 1.29 is 9.59 Å². The number of pyridine rings is 1. The molecule has 0 fully saturated rings. The Kier molecular flexibility index (Phi) is 4.34. The van der Waals surface area contributed by atoms with E-state index in [1.807, 2.05) is 38.1 Å². The molecular formula is C17H17N3O2S. The number of benzene rings is 1. The quantitative estimate of drug-likeness (QED) is 0.941. The first-order valence-corrected chi connectivity index (χ1v) is 8.28. The van der Waals surface area contributed by atoms with Crippen LogP contribution in [-0.2, 0) is 9.59 Å². The zero-order chi connectivity index (χ0) is 16.4. The van der Waals surface area contributed by atoms with Crippen LogP contribution in [-0.4, -0.2) is 29.1 Å². The highest BCUT2D eigenvalue weighted by molar-refractivity contribution is 8.00. The first-order chi connectivity index (χ1) is 11.0. The van der Waals surface area contributed by atoms with Gasteiger partial charge in [-0.15, -0.1) is 0 Å². The summed E-state index contributed by atoms with van der Waals surface area (Å²) in [6.45, 7) is 4.01. The first-order valence-electron chi connectivity index (χ1n) is 7.30. The van der Waals surface area contributed by atoms with E-state index in [1.54, 1.807) is 12.3 Å². The van der Waals surface area contributed by atoms with E-state index >= 15 is 0 Å². The van der Waals surface area contributed by atoms with Gasteiger partial charge < -0.3 is 5.32 Å². The van der Waals surface area contributed by atoms with Gasteiger partial charge in [0.15, 0.2) is 0 Å². The number of rotatable bonds is 3. The first kappa shape index (κ1) is 15.6. The fourth-order valence-corrected chi connectivity index (χ4v) is 3.26. The standard InChI is InChI=1S/C17H17N3O2S/c1-11-5-6-13(8-12(11)2)19-15(21)9-20-14-4-3-7-18-17(14)23-10-16(20)22/h3-8H,9-10H2,1-2H3,(H,19,21). The normalized spacial score (nSPS) is 13.7. The lowest BCUT2D eigenvalue weighted by Crippen LogP contribution is -2.41. The molecule has 0 saturated heterocycles. The molecule has 1 aliphatic rings. The molecule has 1 N–H and O–H groups in total. The van der Waals surface area contributed by atoms with Crippen molar-refractivity contribution in [2.24, 2.45) is 0 Å². The molecule has 2 heterocycles. The summed E-state index contributed by atoms with van der Waals surface area (Å²) in [6.07, 6.45) is 1.69. The van der Waals surface area contributed by atoms with Gasteiger partial charge in [-0.05, 0) is 49.2 Å². The van der Waals surface area contributed by atoms with Crippen molar-refractivity contribution in [2.75, 3.05) is 22.5 Å². The molecule has 23 heavy (non-hydrogen) atoms. The van der Waals surface area contributed by atoms with Crippen LogP contribution in [0.4, 0.5) is 11.4 Å². The molecule has 0 bridgehead atoms. The van der Waals surface area contributed by atoms with E-state index < -0.39 is 0 Å². The molecule has 118 valence electrons. The number of thioether (sulfide) groups is 1. The van der Waals surface area contributed by atoms with Crippen molar-refractivity contribution in [2.45, 2.75) is 18.9 Å². The number of nitrogens with one attached hydrogen (secondary N) is 1. The zero-order valence-corrected chi connectivity index (χ0v) is 13.8. The Morgan fingerprint density at radius 2 is 2.13 bits per heavy atom. The number of nitrogens with zero attached hydrogens (tertiary/aromatic N) is 2. The summed E-state index contributed by atoms with van der Waals surface area (Å²) in [7, 11) is 0. The number of anilines is 2. The molecule has 2 aromatic rings. The lowest BCUT2D eigenvalue weighted by atomic mass is 10.1. The van der Waals surface area contributed by atoms with E-state index in [1.165, 1.54) is 22.2 Å². The maximum absolute atomic E-state index is 12.3. The van der Waals surface area contributed by atoms with Gasteiger partial charge in [0, 0.05) is 11.9 Å². The predicted molar refractivity (Wildman–Crippen MR) is 91.9 cm³/mol. The van der Waals surface area contributed by atoms with Crippen molar-refractivity contribution in [1.82, 2.24) is 4.98 Å². The third-order valence-corrected chi connectivity index (χ3v) is 4.75. The van der Waals surface area contributed by atoms with Crippen LogP contribution in [0.2, 0.25) is 0 Å². The van der Waals surface area contributed by atoms with Crippen molar-refractivity contribution in [3.05, 3.63) is 47.7 Å². The van der Waals surface area contributed by atoms with Gasteiger partial charge in [0.2, 0.25) is 11.8 Å². The van der Waals surface area contributed by atoms with Crippen molar-refractivity contribution >= 4 is 35.0 Å². The molecule has 1 aliphatic heterocycles. The molecule has 0 spiro atoms. The topological polar surface area (TPSA) is 62.3 Å². The molecular weight excluding hydrogens is 310 g/mol. The van der Waals surface area contributed by atoms with Crippen LogP contribution in [0.15, 0.2) is 41.6 Å². The lowest BCUT2D eigenvalue weighted by Gasteiger charge is -2.27. The molecule has 0 unspecified atom stereocenters. The molecule has 2 amide bonds. The highest BCUT2D eigenvalue weighted by Crippen LogP contribution is 2.32. The van der Waals surface area contributed by atoms with Crippen molar-refractivity contribution in [1.29, 1.82) is 0 Å². The molecule has 0 saturated carbocycles. The van der Waals surface area contributed by atoms with Gasteiger partial charge in [0.25, 0.3) is 0 Å². The smallest absolute Gasteiger partial charge is 0.244 e. The number of hydrogen-bond acceptors (Lipinski definition) is 4. The van der Waals surface area contributed by atoms with Crippen LogP contribution in [0.5, 0.6) is 0 Å². The Labute approximate surface area is 139 Å². The molecule has 0 aliphatic carbocycles. The van der Waals surface area contributed by atoms with Crippen LogP contribution in [0.25, 0.3) is 0 Å². The molecule has 3 rings (SSSR count). The minimum absolute atomic E-state index is 0.00892. The molecule has 1 aromatic heterocycles. The van der Waals surface area contributed by atoms with Gasteiger partial charge in [0.1, 0.15) is 11.6 Å². The summed E-state index contributed by atoms with van der Waals surface area (Å²) in [4.78, 5) is 30.2. The minimum Gasteiger partial charge on any atom is -0.325 e. The van der Waals surface area contributed by atoms with E-state index in [0.717, 1.165) is 16.3 Å². The number of carbonyl (C=O) groups is 2. The second kappa shape index (κ2) is 6.42. The number of amides is 2. The molecule has 5 nitrogen and oxygen atoms in total. The third kappa shape index (κ3) is 3.37. The number of fused-ring (bicyclic) bond motifs is 1. The summed E-state index contributed by atoms with van der Waals surface area (Å²) in [6, 6.07) is 9.34. The van der Waals surface area contributed by atoms with Crippen molar-refractivity contribution in [3.63, 3.8) is 0 Å². The molecule has 6 heteroatoms. The number of carbonyl (C=O) groups excluding carboxylic acids is 2. The molecule has 0 radical (unpaired) electrons. The Morgan fingerprint density at radius 1 is 1.30 bits per heavy atom. The van der Waals surface area contributed by atoms with Gasteiger partial charge in [-0.3, -0.25) is 14.5 Å². The van der Waals surface area contributed by atoms with Gasteiger partial charge in [-0.2, -0.15) is 0 Å². The molecule has 0 atom stereocenters. The Balaban J connectivity index is 1.75. The van der Waals surface area contributed by atoms with Crippen LogP contribution in [0, 0.1) is 13.8 Å². The van der Waals surface area contributed by atoms with Gasteiger partial charge in [0.05, 0.1) is 11.4 Å². The van der Waals surface area contributed by atoms with Gasteiger partial charge >= 0.3 is 0 Å². The fourth-order valence-electron chi connectivity index (χ4n) is 2.38. The van der Waals surface area contributed by atoms with Crippen LogP contribution in [0.1, 0.15) is 11.1 Å². The largest absolute Gasteiger partial charge is 0.325 e. The van der Waals surface area contributed by atoms with Crippen LogP contribution >= 0.6 is 11.8 Å². The third-order valence-electron chi connectivity index (χ3n) is 3.77. The maximum Gasteiger partial charge on any atom is 0.244 e. The lowest BCUT2D eigenvalue weighted by molar-refractivity contribution is -0.120. The van der Waals surface area contributed by atoms with Gasteiger partial charge in [-0.1, -0.05) is 17.8 Å². The van der Waals surface area contributed by atoms with E-state index in [2.05, 4.69) is 10.3 Å². The average Bonchev–Trinajstić information content (AvgIpc) is 2.54. The second-order valence-electron chi connectivity index (χ2n) is 5.44. The SMILES string of the molecule is Cc1ccc(NC(=O)CN2C(=O)CSc3ncccc32)cc1C. The highest BCUT2D eigenvalue weighted by atomic mass is 32.2. The van der Waals surface area contributed by atoms with E-state index in [-0.39, 0.29) is 18.4 Å². The zero-order valence-electron chi connectivity index (χ0n) is 13.0. The van der Waals surface area contributed by atoms with Crippen LogP contribution < -0.4 is 10.2 Å². The minimum atomic E-state index is -0.219. The summed E-state index contributed by atoms with van der Waals surface area (Å²) < 4.78 is 0. The summed E-state index contributed by atoms with van der Waals surface area (Å²) in [5, 5.41) is 3.63. The number of aryl methyl sites for hydroxylation is 2. The monoisotopic (exact) mass is 327 g/mol. The second-order valence-corrected chi connectivity index (χ2v) is 6.41. The van der Waals surface area contributed by atoms with E-state index in [0.29, 0.717) is 11.4 Å². The van der Waals surface area contributed by atoms with E-state index in [9.17, 15) is 9.59 Å². The summed E-state index contributed by atoms with van der Waals surface area (Å²) >= 11 is 1.40. The molecule has 1 aromatic carbocycles. The summed E-state index contributed by atoms with van der Waals surface area (Å²) in [5.41, 5.74) is 3.72. The Hall–Kier alpha value is -2.34. The maximum atomic E-state index is 12.3. The number of aromatic nitrogens is 1. The summed E-state index contributed by atoms with van der Waals surface area (Å²) in [5.74, 6) is 0.00930.